The van der Waals surface area contributed by atoms with Gasteiger partial charge in [0.05, 0.1) is 6.61 Å². The Balaban J connectivity index is 0.781. The lowest BCUT2D eigenvalue weighted by atomic mass is 10.1. The van der Waals surface area contributed by atoms with Gasteiger partial charge in [-0.15, -0.1) is 45.3 Å². The summed E-state index contributed by atoms with van der Waals surface area (Å²) in [6, 6.07) is 67.9. The van der Waals surface area contributed by atoms with Gasteiger partial charge in [0.15, 0.2) is 0 Å². The van der Waals surface area contributed by atoms with E-state index in [1.54, 1.807) is 45.3 Å². The number of hydrogen-bond acceptors (Lipinski definition) is 11. The normalized spacial score (nSPS) is 11.1. The highest BCUT2D eigenvalue weighted by atomic mass is 32.1. The number of benzene rings is 7. The molecule has 7 aromatic carbocycles. The molecule has 378 valence electrons. The Hall–Kier alpha value is -7.90. The molecule has 4 heterocycles. The Bertz CT molecular complexity index is 3100. The zero-order valence-corrected chi connectivity index (χ0v) is 44.6. The molecule has 0 amide bonds. The summed E-state index contributed by atoms with van der Waals surface area (Å²) in [5, 5.41) is 18.7. The minimum atomic E-state index is -0.193. The van der Waals surface area contributed by atoms with Gasteiger partial charge in [0.2, 0.25) is 0 Å². The van der Waals surface area contributed by atoms with Crippen molar-refractivity contribution in [3.05, 3.63) is 261 Å². The highest BCUT2D eigenvalue weighted by Crippen LogP contribution is 2.33. The van der Waals surface area contributed by atoms with E-state index in [1.165, 1.54) is 41.8 Å². The molecule has 0 spiro atoms. The van der Waals surface area contributed by atoms with Gasteiger partial charge in [-0.1, -0.05) is 121 Å². The van der Waals surface area contributed by atoms with Gasteiger partial charge >= 0.3 is 0 Å². The Labute approximate surface area is 459 Å². The Morgan fingerprint density at radius 3 is 0.684 bits per heavy atom. The van der Waals surface area contributed by atoms with E-state index < -0.39 is 0 Å². The van der Waals surface area contributed by atoms with E-state index in [-0.39, 0.29) is 19.8 Å². The molecule has 76 heavy (non-hydrogen) atoms. The highest BCUT2D eigenvalue weighted by molar-refractivity contribution is 7.14. The largest absolute Gasteiger partial charge is 0.489 e. The van der Waals surface area contributed by atoms with E-state index in [9.17, 15) is 5.11 Å². The van der Waals surface area contributed by atoms with Crippen LogP contribution < -0.4 is 28.4 Å². The second kappa shape index (κ2) is 24.6. The molecule has 0 aliphatic rings. The lowest BCUT2D eigenvalue weighted by Crippen LogP contribution is -2.03. The maximum absolute atomic E-state index is 10.4. The van der Waals surface area contributed by atoms with Crippen molar-refractivity contribution in [1.82, 2.24) is 0 Å². The van der Waals surface area contributed by atoms with Crippen LogP contribution in [0.4, 0.5) is 0 Å². The fraction of sp³-hybridized carbons (Fsp3) is 0.108. The van der Waals surface area contributed by atoms with Crippen LogP contribution in [-0.4, -0.2) is 5.11 Å². The molecule has 0 saturated carbocycles. The number of ether oxygens (including phenoxy) is 6. The number of hydrogen-bond donors (Lipinski definition) is 1. The third-order valence-electron chi connectivity index (χ3n) is 12.5. The van der Waals surface area contributed by atoms with Crippen molar-refractivity contribution >= 4 is 45.3 Å². The average molecular weight is 1070 g/mol. The minimum absolute atomic E-state index is 0.193. The Kier molecular flexibility index (Phi) is 16.3. The van der Waals surface area contributed by atoms with Crippen LogP contribution in [0.15, 0.2) is 222 Å². The molecule has 7 nitrogen and oxygen atoms in total. The van der Waals surface area contributed by atoms with Crippen molar-refractivity contribution in [2.45, 2.75) is 46.2 Å². The first-order valence-corrected chi connectivity index (χ1v) is 28.3. The topological polar surface area (TPSA) is 75.6 Å². The lowest BCUT2D eigenvalue weighted by molar-refractivity contribution is 0.267. The second-order valence-electron chi connectivity index (χ2n) is 18.0. The van der Waals surface area contributed by atoms with Gasteiger partial charge in [0, 0.05) is 37.7 Å². The SMILES string of the molecule is OCc1cc(OCc2cc(OCc3ccc(-c4cccs4)cc3)cc(OCc3ccc(-c4cccs4)cc3)c2)cc(OCc2cc(OCc3ccc(-c4cccs4)cc3)cc(OCc3ccc(-c4cccs4)cc3)c2)c1. The molecule has 0 aliphatic heterocycles. The molecule has 0 unspecified atom stereocenters. The average Bonchev–Trinajstić information content (AvgIpc) is 4.35. The van der Waals surface area contributed by atoms with Gasteiger partial charge in [-0.25, -0.2) is 0 Å². The summed E-state index contributed by atoms with van der Waals surface area (Å²) in [5.41, 5.74) is 11.3. The molecular formula is C65H52O7S4. The Morgan fingerprint density at radius 1 is 0.250 bits per heavy atom. The van der Waals surface area contributed by atoms with Crippen LogP contribution in [0.3, 0.4) is 0 Å². The second-order valence-corrected chi connectivity index (χ2v) is 21.8. The van der Waals surface area contributed by atoms with E-state index in [1.807, 2.05) is 54.6 Å². The lowest BCUT2D eigenvalue weighted by Gasteiger charge is -2.16. The van der Waals surface area contributed by atoms with Crippen LogP contribution in [0.5, 0.6) is 34.5 Å². The first-order chi connectivity index (χ1) is 37.5. The summed E-state index contributed by atoms with van der Waals surface area (Å²) < 4.78 is 38.6. The predicted molar refractivity (Wildman–Crippen MR) is 310 cm³/mol. The van der Waals surface area contributed by atoms with Crippen LogP contribution in [-0.2, 0) is 46.2 Å². The molecule has 4 aromatic heterocycles. The van der Waals surface area contributed by atoms with Crippen molar-refractivity contribution in [3.63, 3.8) is 0 Å². The minimum Gasteiger partial charge on any atom is -0.489 e. The van der Waals surface area contributed by atoms with Crippen molar-refractivity contribution in [2.24, 2.45) is 0 Å². The quantitative estimate of drug-likeness (QED) is 0.0684. The zero-order chi connectivity index (χ0) is 51.3. The molecule has 0 atom stereocenters. The molecule has 11 aromatic rings. The molecular weight excluding hydrogens is 1020 g/mol. The van der Waals surface area contributed by atoms with Crippen LogP contribution in [0.25, 0.3) is 41.8 Å². The molecule has 11 heteroatoms. The molecule has 0 bridgehead atoms. The molecule has 0 aliphatic carbocycles. The summed E-state index contributed by atoms with van der Waals surface area (Å²) in [7, 11) is 0. The van der Waals surface area contributed by atoms with E-state index >= 15 is 0 Å². The fourth-order valence-corrected chi connectivity index (χ4v) is 11.4. The maximum Gasteiger partial charge on any atom is 0.123 e. The van der Waals surface area contributed by atoms with Crippen molar-refractivity contribution < 1.29 is 33.5 Å². The number of thiophene rings is 4. The van der Waals surface area contributed by atoms with Gasteiger partial charge in [-0.05, 0) is 143 Å². The molecule has 11 rings (SSSR count). The van der Waals surface area contributed by atoms with Gasteiger partial charge < -0.3 is 33.5 Å². The Morgan fingerprint density at radius 2 is 0.474 bits per heavy atom. The van der Waals surface area contributed by atoms with Crippen LogP contribution in [0.1, 0.15) is 38.9 Å². The van der Waals surface area contributed by atoms with Crippen molar-refractivity contribution in [2.75, 3.05) is 0 Å². The monoisotopic (exact) mass is 1070 g/mol. The van der Waals surface area contributed by atoms with Crippen LogP contribution in [0, 0.1) is 0 Å². The number of aliphatic hydroxyl groups is 1. The predicted octanol–water partition coefficient (Wildman–Crippen LogP) is 17.6. The summed E-state index contributed by atoms with van der Waals surface area (Å²) in [5.74, 6) is 3.73. The molecule has 1 N–H and O–H groups in total. The number of aliphatic hydroxyl groups excluding tert-OH is 1. The maximum atomic E-state index is 10.4. The van der Waals surface area contributed by atoms with Gasteiger partial charge in [0.1, 0.15) is 74.1 Å². The summed E-state index contributed by atoms with van der Waals surface area (Å²) in [4.78, 5) is 4.92. The van der Waals surface area contributed by atoms with E-state index in [0.717, 1.165) is 33.4 Å². The smallest absolute Gasteiger partial charge is 0.123 e. The first kappa shape index (κ1) is 50.3. The van der Waals surface area contributed by atoms with Gasteiger partial charge in [0.25, 0.3) is 0 Å². The van der Waals surface area contributed by atoms with Gasteiger partial charge in [-0.3, -0.25) is 0 Å². The summed E-state index contributed by atoms with van der Waals surface area (Å²) >= 11 is 6.89. The number of rotatable bonds is 23. The standard InChI is InChI=1S/C65H52O7S4/c66-38-49-29-56(71-43-50-31-58(67-39-45-9-17-52(18-10-45)62-5-1-25-73-62)36-59(32-50)68-40-46-11-19-53(20-12-46)63-6-2-26-74-63)35-57(30-49)72-44-51-33-60(69-41-47-13-21-54(22-14-47)64-7-3-27-75-64)37-61(34-51)70-42-48-15-23-55(24-16-48)65-8-4-28-76-65/h1-37,66H,38-44H2. The van der Waals surface area contributed by atoms with Crippen LogP contribution >= 0.6 is 45.3 Å². The van der Waals surface area contributed by atoms with Crippen molar-refractivity contribution in [1.29, 1.82) is 0 Å². The van der Waals surface area contributed by atoms with Crippen LogP contribution in [0.2, 0.25) is 0 Å². The summed E-state index contributed by atoms with van der Waals surface area (Å²) in [6.45, 7) is 1.76. The third-order valence-corrected chi connectivity index (χ3v) is 16.1. The first-order valence-electron chi connectivity index (χ1n) is 24.8. The fourth-order valence-electron chi connectivity index (χ4n) is 8.48. The molecule has 0 fully saturated rings. The van der Waals surface area contributed by atoms with E-state index in [4.69, 9.17) is 28.4 Å². The third kappa shape index (κ3) is 13.5. The molecule has 0 radical (unpaired) electrons. The molecule has 0 saturated heterocycles. The zero-order valence-electron chi connectivity index (χ0n) is 41.3. The highest BCUT2D eigenvalue weighted by Gasteiger charge is 2.12. The summed E-state index contributed by atoms with van der Waals surface area (Å²) in [6.07, 6.45) is 0. The van der Waals surface area contributed by atoms with E-state index in [2.05, 4.69) is 167 Å². The van der Waals surface area contributed by atoms with E-state index in [0.29, 0.717) is 66.5 Å². The van der Waals surface area contributed by atoms with Crippen molar-refractivity contribution in [3.8, 4) is 76.3 Å². The van der Waals surface area contributed by atoms with Gasteiger partial charge in [-0.2, -0.15) is 0 Å².